The molecule has 0 saturated carbocycles. The van der Waals surface area contributed by atoms with Crippen molar-refractivity contribution in [3.63, 3.8) is 0 Å². The highest BCUT2D eigenvalue weighted by Gasteiger charge is 2.91. The third-order valence-electron chi connectivity index (χ3n) is 11.0. The van der Waals surface area contributed by atoms with Crippen molar-refractivity contribution < 1.29 is 43.1 Å². The van der Waals surface area contributed by atoms with E-state index in [4.69, 9.17) is 38.9 Å². The zero-order valence-corrected chi connectivity index (χ0v) is 25.3. The minimum Gasteiger partial charge on any atom is -0.506 e. The standard InChI is InChI=1S/C32H40N2O9/c1-14-9-16(40-12-19(14)33)11-21(37-3)31-30(13-34-30)32(39-5)29(43-31)28(42-31)22-15(2)10-18-24(27(22)41-32)25(36)23-17(26(18)38-4)7-6-8-20(23)35/h10,14,16,19,21,28-29,34,36H,6-9,11-13,33H2,1-5H3. The van der Waals surface area contributed by atoms with Gasteiger partial charge in [0.2, 0.25) is 5.79 Å². The number of Topliss-reactive ketones (excluding diaryl/α,β-unsaturated/α-hetero) is 1. The number of carbonyl (C=O) groups excluding carboxylic acids is 1. The number of benzene rings is 2. The molecule has 1 spiro atoms. The number of ether oxygens (including phenoxy) is 7. The quantitative estimate of drug-likeness (QED) is 0.423. The van der Waals surface area contributed by atoms with Crippen LogP contribution in [0, 0.1) is 12.8 Å². The summed E-state index contributed by atoms with van der Waals surface area (Å²) >= 11 is 0. The molecule has 6 aliphatic rings. The van der Waals surface area contributed by atoms with Gasteiger partial charge in [0.15, 0.2) is 17.4 Å². The van der Waals surface area contributed by atoms with Crippen LogP contribution in [-0.4, -0.2) is 86.8 Å². The average molecular weight is 597 g/mol. The SMILES string of the molecule is COc1c2c(c(O)c3c4c(c(C)cc13)C1OC3(C(CC5CC(C)C(N)CO5)OC)OC1C(OC)(O4)C31CN1)C(=O)CCC2. The van der Waals surface area contributed by atoms with E-state index in [2.05, 4.69) is 12.2 Å². The van der Waals surface area contributed by atoms with Crippen LogP contribution in [0.25, 0.3) is 10.8 Å². The Bertz CT molecular complexity index is 1540. The number of phenols is 1. The summed E-state index contributed by atoms with van der Waals surface area (Å²) in [5.41, 5.74) is 8.03. The van der Waals surface area contributed by atoms with E-state index in [0.717, 1.165) is 23.1 Å². The zero-order valence-electron chi connectivity index (χ0n) is 25.3. The molecule has 232 valence electrons. The van der Waals surface area contributed by atoms with Crippen LogP contribution in [0.5, 0.6) is 17.2 Å². The first kappa shape index (κ1) is 28.0. The van der Waals surface area contributed by atoms with Gasteiger partial charge in [0, 0.05) is 56.2 Å². The lowest BCUT2D eigenvalue weighted by Gasteiger charge is -2.51. The van der Waals surface area contributed by atoms with Crippen molar-refractivity contribution in [1.82, 2.24) is 5.32 Å². The molecule has 4 fully saturated rings. The summed E-state index contributed by atoms with van der Waals surface area (Å²) in [6, 6.07) is 1.99. The first-order valence-corrected chi connectivity index (χ1v) is 15.3. The third kappa shape index (κ3) is 3.31. The van der Waals surface area contributed by atoms with Crippen molar-refractivity contribution in [2.45, 2.75) is 93.5 Å². The highest BCUT2D eigenvalue weighted by atomic mass is 16.8. The fourth-order valence-corrected chi connectivity index (χ4v) is 8.76. The topological polar surface area (TPSA) is 150 Å². The zero-order chi connectivity index (χ0) is 30.1. The van der Waals surface area contributed by atoms with Crippen LogP contribution >= 0.6 is 0 Å². The maximum atomic E-state index is 13.1. The van der Waals surface area contributed by atoms with E-state index >= 15 is 0 Å². The molecule has 11 nitrogen and oxygen atoms in total. The van der Waals surface area contributed by atoms with Gasteiger partial charge in [0.05, 0.1) is 30.8 Å². The molecular formula is C32H40N2O9. The molecule has 9 atom stereocenters. The van der Waals surface area contributed by atoms with Gasteiger partial charge in [-0.2, -0.15) is 0 Å². The Labute approximate surface area is 250 Å². The summed E-state index contributed by atoms with van der Waals surface area (Å²) < 4.78 is 45.4. The van der Waals surface area contributed by atoms with E-state index in [1.807, 2.05) is 13.0 Å². The molecule has 5 heterocycles. The predicted molar refractivity (Wildman–Crippen MR) is 154 cm³/mol. The lowest BCUT2D eigenvalue weighted by atomic mass is 9.76. The molecule has 5 aliphatic heterocycles. The van der Waals surface area contributed by atoms with Crippen LogP contribution in [0.1, 0.15) is 65.8 Å². The van der Waals surface area contributed by atoms with Crippen molar-refractivity contribution >= 4 is 16.6 Å². The molecule has 0 amide bonds. The summed E-state index contributed by atoms with van der Waals surface area (Å²) in [5.74, 6) is -1.36. The molecule has 2 aromatic rings. The number of aromatic hydroxyl groups is 1. The minimum absolute atomic E-state index is 0.0106. The van der Waals surface area contributed by atoms with Gasteiger partial charge >= 0.3 is 0 Å². The molecular weight excluding hydrogens is 556 g/mol. The fourth-order valence-electron chi connectivity index (χ4n) is 8.76. The van der Waals surface area contributed by atoms with Gasteiger partial charge in [0.1, 0.15) is 29.5 Å². The van der Waals surface area contributed by atoms with Crippen LogP contribution < -0.4 is 20.5 Å². The first-order valence-electron chi connectivity index (χ1n) is 15.3. The fraction of sp³-hybridized carbons (Fsp3) is 0.656. The first-order chi connectivity index (χ1) is 20.7. The Hall–Kier alpha value is -2.51. The Morgan fingerprint density at radius 1 is 1.23 bits per heavy atom. The van der Waals surface area contributed by atoms with Crippen molar-refractivity contribution in [3.8, 4) is 17.2 Å². The summed E-state index contributed by atoms with van der Waals surface area (Å²) in [6.07, 6.45) is 1.34. The molecule has 9 unspecified atom stereocenters. The molecule has 4 saturated heterocycles. The molecule has 11 heteroatoms. The number of nitrogens with two attached hydrogens (primary N) is 1. The maximum absolute atomic E-state index is 13.1. The van der Waals surface area contributed by atoms with Crippen LogP contribution in [0.4, 0.5) is 0 Å². The number of ketones is 1. The van der Waals surface area contributed by atoms with Crippen molar-refractivity contribution in [1.29, 1.82) is 0 Å². The van der Waals surface area contributed by atoms with Crippen molar-refractivity contribution in [2.75, 3.05) is 34.5 Å². The minimum atomic E-state index is -1.29. The molecule has 0 aromatic heterocycles. The molecule has 4 N–H and O–H groups in total. The predicted octanol–water partition coefficient (Wildman–Crippen LogP) is 2.78. The monoisotopic (exact) mass is 596 g/mol. The summed E-state index contributed by atoms with van der Waals surface area (Å²) in [7, 11) is 4.87. The second-order valence-electron chi connectivity index (χ2n) is 13.1. The lowest BCUT2D eigenvalue weighted by Crippen LogP contribution is -2.71. The second kappa shape index (κ2) is 9.26. The van der Waals surface area contributed by atoms with Gasteiger partial charge < -0.3 is 44.0 Å². The van der Waals surface area contributed by atoms with Gasteiger partial charge in [0.25, 0.3) is 5.79 Å². The van der Waals surface area contributed by atoms with Gasteiger partial charge in [-0.1, -0.05) is 6.92 Å². The van der Waals surface area contributed by atoms with E-state index in [0.29, 0.717) is 72.6 Å². The van der Waals surface area contributed by atoms with Gasteiger partial charge in [-0.05, 0) is 43.7 Å². The number of aryl methyl sites for hydroxylation is 1. The molecule has 43 heavy (non-hydrogen) atoms. The van der Waals surface area contributed by atoms with Gasteiger partial charge in [-0.25, -0.2) is 0 Å². The smallest absolute Gasteiger partial charge is 0.264 e. The summed E-state index contributed by atoms with van der Waals surface area (Å²) in [6.45, 7) is 5.15. The molecule has 1 aliphatic carbocycles. The number of hydrogen-bond acceptors (Lipinski definition) is 11. The number of phenolic OH excluding ortho intramolecular Hbond substituents is 1. The van der Waals surface area contributed by atoms with Crippen LogP contribution in [0.2, 0.25) is 0 Å². The van der Waals surface area contributed by atoms with E-state index in [1.54, 1.807) is 21.3 Å². The second-order valence-corrected chi connectivity index (χ2v) is 13.1. The Morgan fingerprint density at radius 3 is 2.70 bits per heavy atom. The maximum Gasteiger partial charge on any atom is 0.264 e. The lowest BCUT2D eigenvalue weighted by molar-refractivity contribution is -0.293. The molecule has 8 rings (SSSR count). The van der Waals surface area contributed by atoms with Crippen molar-refractivity contribution in [2.24, 2.45) is 11.7 Å². The third-order valence-corrected chi connectivity index (χ3v) is 11.0. The average Bonchev–Trinajstić information content (AvgIpc) is 3.65. The van der Waals surface area contributed by atoms with Crippen molar-refractivity contribution in [3.05, 3.63) is 28.3 Å². The Morgan fingerprint density at radius 2 is 2.02 bits per heavy atom. The van der Waals surface area contributed by atoms with E-state index < -0.39 is 35.4 Å². The van der Waals surface area contributed by atoms with E-state index in [-0.39, 0.29) is 23.7 Å². The number of nitrogens with one attached hydrogen (secondary N) is 1. The van der Waals surface area contributed by atoms with Gasteiger partial charge in [-0.15, -0.1) is 0 Å². The number of hydrogen-bond donors (Lipinski definition) is 3. The normalized spacial score (nSPS) is 39.5. The highest BCUT2D eigenvalue weighted by molar-refractivity contribution is 6.11. The Kier molecular flexibility index (Phi) is 6.03. The number of carbonyl (C=O) groups is 1. The molecule has 2 aromatic carbocycles. The summed E-state index contributed by atoms with van der Waals surface area (Å²) in [5, 5.41) is 16.4. The number of rotatable bonds is 6. The number of methoxy groups -OCH3 is 3. The molecule has 0 radical (unpaired) electrons. The highest BCUT2D eigenvalue weighted by Crippen LogP contribution is 2.70. The molecule has 2 bridgehead atoms. The number of fused-ring (bicyclic) bond motifs is 8. The van der Waals surface area contributed by atoms with Crippen LogP contribution in [0.15, 0.2) is 6.07 Å². The van der Waals surface area contributed by atoms with E-state index in [9.17, 15) is 9.90 Å². The Balaban J connectivity index is 1.29. The van der Waals surface area contributed by atoms with Crippen LogP contribution in [-0.2, 0) is 30.1 Å². The van der Waals surface area contributed by atoms with E-state index in [1.165, 1.54) is 0 Å². The van der Waals surface area contributed by atoms with Gasteiger partial charge in [-0.3, -0.25) is 10.1 Å². The largest absolute Gasteiger partial charge is 0.506 e. The summed E-state index contributed by atoms with van der Waals surface area (Å²) in [4.78, 5) is 13.1. The van der Waals surface area contributed by atoms with Crippen LogP contribution in [0.3, 0.4) is 0 Å².